The van der Waals surface area contributed by atoms with Gasteiger partial charge in [-0.15, -0.1) is 0 Å². The number of ether oxygens (including phenoxy) is 2. The first-order chi connectivity index (χ1) is 10.1. The Morgan fingerprint density at radius 3 is 2.43 bits per heavy atom. The summed E-state index contributed by atoms with van der Waals surface area (Å²) in [5.41, 5.74) is 6.46. The van der Waals surface area contributed by atoms with Crippen molar-refractivity contribution in [3.8, 4) is 11.5 Å². The van der Waals surface area contributed by atoms with Crippen LogP contribution in [0.15, 0.2) is 18.2 Å². The van der Waals surface area contributed by atoms with E-state index in [-0.39, 0.29) is 18.0 Å². The van der Waals surface area contributed by atoms with E-state index in [2.05, 4.69) is 0 Å². The first kappa shape index (κ1) is 15.6. The van der Waals surface area contributed by atoms with Crippen LogP contribution in [0.2, 0.25) is 0 Å². The van der Waals surface area contributed by atoms with Crippen LogP contribution in [-0.2, 0) is 0 Å². The maximum absolute atomic E-state index is 12.7. The van der Waals surface area contributed by atoms with E-state index in [0.29, 0.717) is 17.1 Å². The second-order valence-corrected chi connectivity index (χ2v) is 5.53. The number of rotatable bonds is 4. The number of hydrogen-bond acceptors (Lipinski definition) is 4. The minimum atomic E-state index is -0.0359. The summed E-state index contributed by atoms with van der Waals surface area (Å²) in [6.07, 6.45) is 3.85. The van der Waals surface area contributed by atoms with Gasteiger partial charge in [0, 0.05) is 19.1 Å². The topological polar surface area (TPSA) is 64.8 Å². The van der Waals surface area contributed by atoms with Gasteiger partial charge in [0.25, 0.3) is 5.91 Å². The lowest BCUT2D eigenvalue weighted by Gasteiger charge is -2.33. The van der Waals surface area contributed by atoms with Gasteiger partial charge in [-0.2, -0.15) is 0 Å². The highest BCUT2D eigenvalue weighted by Gasteiger charge is 2.27. The monoisotopic (exact) mass is 292 g/mol. The summed E-state index contributed by atoms with van der Waals surface area (Å²) in [4.78, 5) is 14.5. The van der Waals surface area contributed by atoms with Gasteiger partial charge in [0.1, 0.15) is 0 Å². The van der Waals surface area contributed by atoms with Crippen molar-refractivity contribution in [2.75, 3.05) is 21.3 Å². The lowest BCUT2D eigenvalue weighted by atomic mass is 9.90. The van der Waals surface area contributed by atoms with E-state index in [9.17, 15) is 4.79 Å². The summed E-state index contributed by atoms with van der Waals surface area (Å²) < 4.78 is 10.6. The molecule has 5 nitrogen and oxygen atoms in total. The molecule has 1 amide bonds. The Hall–Kier alpha value is -1.75. The number of carbonyl (C=O) groups is 1. The Morgan fingerprint density at radius 1 is 1.19 bits per heavy atom. The van der Waals surface area contributed by atoms with Gasteiger partial charge in [-0.25, -0.2) is 0 Å². The Labute approximate surface area is 126 Å². The summed E-state index contributed by atoms with van der Waals surface area (Å²) in [5, 5.41) is 0. The van der Waals surface area contributed by atoms with Crippen molar-refractivity contribution in [1.29, 1.82) is 0 Å². The highest BCUT2D eigenvalue weighted by atomic mass is 16.5. The number of carbonyl (C=O) groups excluding carboxylic acids is 1. The van der Waals surface area contributed by atoms with Gasteiger partial charge in [0.05, 0.1) is 19.8 Å². The highest BCUT2D eigenvalue weighted by Crippen LogP contribution is 2.32. The van der Waals surface area contributed by atoms with Crippen molar-refractivity contribution in [3.05, 3.63) is 23.8 Å². The van der Waals surface area contributed by atoms with Gasteiger partial charge < -0.3 is 20.1 Å². The van der Waals surface area contributed by atoms with E-state index in [1.165, 1.54) is 0 Å². The predicted octanol–water partition coefficient (Wildman–Crippen LogP) is 2.05. The number of nitrogens with zero attached hydrogens (tertiary/aromatic N) is 1. The van der Waals surface area contributed by atoms with E-state index in [0.717, 1.165) is 25.7 Å². The van der Waals surface area contributed by atoms with Crippen molar-refractivity contribution < 1.29 is 14.3 Å². The van der Waals surface area contributed by atoms with Crippen LogP contribution in [0.25, 0.3) is 0 Å². The standard InChI is InChI=1S/C16H24N2O3/c1-18(12-9-7-11(17)8-10-12)16(19)13-5-4-6-14(20-2)15(13)21-3/h4-6,11-12H,7-10,17H2,1-3H3. The fraction of sp³-hybridized carbons (Fsp3) is 0.562. The van der Waals surface area contributed by atoms with E-state index in [4.69, 9.17) is 15.2 Å². The summed E-state index contributed by atoms with van der Waals surface area (Å²) >= 11 is 0. The molecule has 1 saturated carbocycles. The van der Waals surface area contributed by atoms with Gasteiger partial charge in [-0.1, -0.05) is 6.07 Å². The Kier molecular flexibility index (Phi) is 5.07. The average Bonchev–Trinajstić information content (AvgIpc) is 2.53. The third-order valence-electron chi connectivity index (χ3n) is 4.24. The molecule has 0 atom stereocenters. The van der Waals surface area contributed by atoms with E-state index >= 15 is 0 Å². The summed E-state index contributed by atoms with van der Waals surface area (Å²) in [6.45, 7) is 0. The average molecular weight is 292 g/mol. The molecule has 1 fully saturated rings. The molecule has 0 radical (unpaired) electrons. The van der Waals surface area contributed by atoms with Crippen LogP contribution in [0.4, 0.5) is 0 Å². The van der Waals surface area contributed by atoms with Gasteiger partial charge in [0.15, 0.2) is 11.5 Å². The number of amides is 1. The first-order valence-electron chi connectivity index (χ1n) is 7.32. The molecule has 2 N–H and O–H groups in total. The summed E-state index contributed by atoms with van der Waals surface area (Å²) in [6, 6.07) is 5.88. The lowest BCUT2D eigenvalue weighted by molar-refractivity contribution is 0.0686. The van der Waals surface area contributed by atoms with Crippen LogP contribution >= 0.6 is 0 Å². The number of hydrogen-bond donors (Lipinski definition) is 1. The molecule has 2 rings (SSSR count). The summed E-state index contributed by atoms with van der Waals surface area (Å²) in [5.74, 6) is 1.03. The van der Waals surface area contributed by atoms with Crippen LogP contribution in [-0.4, -0.2) is 44.2 Å². The van der Waals surface area contributed by atoms with Gasteiger partial charge in [0.2, 0.25) is 0 Å². The molecular weight excluding hydrogens is 268 g/mol. The fourth-order valence-corrected chi connectivity index (χ4v) is 2.90. The fourth-order valence-electron chi connectivity index (χ4n) is 2.90. The normalized spacial score (nSPS) is 21.7. The molecule has 0 heterocycles. The Balaban J connectivity index is 2.19. The van der Waals surface area contributed by atoms with Crippen molar-refractivity contribution in [2.45, 2.75) is 37.8 Å². The molecule has 1 aliphatic carbocycles. The molecule has 1 aromatic rings. The second kappa shape index (κ2) is 6.80. The zero-order valence-electron chi connectivity index (χ0n) is 13.0. The van der Waals surface area contributed by atoms with E-state index < -0.39 is 0 Å². The van der Waals surface area contributed by atoms with Crippen molar-refractivity contribution in [2.24, 2.45) is 5.73 Å². The zero-order valence-corrected chi connectivity index (χ0v) is 13.0. The van der Waals surface area contributed by atoms with Crippen LogP contribution in [0.5, 0.6) is 11.5 Å². The highest BCUT2D eigenvalue weighted by molar-refractivity contribution is 5.97. The van der Waals surface area contributed by atoms with Gasteiger partial charge >= 0.3 is 0 Å². The van der Waals surface area contributed by atoms with Crippen LogP contribution < -0.4 is 15.2 Å². The maximum atomic E-state index is 12.7. The minimum absolute atomic E-state index is 0.0359. The Bertz CT molecular complexity index is 496. The van der Waals surface area contributed by atoms with Crippen LogP contribution in [0, 0.1) is 0 Å². The van der Waals surface area contributed by atoms with Crippen LogP contribution in [0.1, 0.15) is 36.0 Å². The maximum Gasteiger partial charge on any atom is 0.257 e. The van der Waals surface area contributed by atoms with Crippen molar-refractivity contribution >= 4 is 5.91 Å². The van der Waals surface area contributed by atoms with Crippen LogP contribution in [0.3, 0.4) is 0 Å². The number of methoxy groups -OCH3 is 2. The van der Waals surface area contributed by atoms with Crippen molar-refractivity contribution in [1.82, 2.24) is 4.90 Å². The smallest absolute Gasteiger partial charge is 0.257 e. The minimum Gasteiger partial charge on any atom is -0.493 e. The van der Waals surface area contributed by atoms with Gasteiger partial charge in [-0.05, 0) is 37.8 Å². The van der Waals surface area contributed by atoms with E-state index in [1.54, 1.807) is 32.4 Å². The third-order valence-corrected chi connectivity index (χ3v) is 4.24. The number of nitrogens with two attached hydrogens (primary N) is 1. The lowest BCUT2D eigenvalue weighted by Crippen LogP contribution is -2.41. The molecule has 0 aliphatic heterocycles. The largest absolute Gasteiger partial charge is 0.493 e. The van der Waals surface area contributed by atoms with Crippen molar-refractivity contribution in [3.63, 3.8) is 0 Å². The molecule has 0 bridgehead atoms. The zero-order chi connectivity index (χ0) is 15.4. The molecule has 0 aromatic heterocycles. The molecule has 1 aromatic carbocycles. The third kappa shape index (κ3) is 3.29. The SMILES string of the molecule is COc1cccc(C(=O)N(C)C2CCC(N)CC2)c1OC. The first-order valence-corrected chi connectivity index (χ1v) is 7.32. The number of para-hydroxylation sites is 1. The molecule has 21 heavy (non-hydrogen) atoms. The molecule has 5 heteroatoms. The summed E-state index contributed by atoms with van der Waals surface area (Å²) in [7, 11) is 4.97. The van der Waals surface area contributed by atoms with E-state index in [1.807, 2.05) is 11.9 Å². The number of benzene rings is 1. The van der Waals surface area contributed by atoms with Gasteiger partial charge in [-0.3, -0.25) is 4.79 Å². The molecule has 0 unspecified atom stereocenters. The Morgan fingerprint density at radius 2 is 1.86 bits per heavy atom. The predicted molar refractivity (Wildman–Crippen MR) is 81.9 cm³/mol. The second-order valence-electron chi connectivity index (χ2n) is 5.53. The molecule has 116 valence electrons. The molecule has 0 spiro atoms. The molecular formula is C16H24N2O3. The molecule has 0 saturated heterocycles. The quantitative estimate of drug-likeness (QED) is 0.922. The molecule has 1 aliphatic rings.